The highest BCUT2D eigenvalue weighted by Crippen LogP contribution is 2.46. The van der Waals surface area contributed by atoms with Crippen molar-refractivity contribution in [2.75, 3.05) is 6.61 Å². The number of hydrogen-bond donors (Lipinski definition) is 1. The maximum absolute atomic E-state index is 9.69. The summed E-state index contributed by atoms with van der Waals surface area (Å²) < 4.78 is 0. The Labute approximate surface area is 106 Å². The van der Waals surface area contributed by atoms with Gasteiger partial charge in [0.2, 0.25) is 0 Å². The van der Waals surface area contributed by atoms with Gasteiger partial charge < -0.3 is 5.11 Å². The summed E-state index contributed by atoms with van der Waals surface area (Å²) in [6, 6.07) is 12.2. The molecule has 0 bridgehead atoms. The molecule has 1 N–H and O–H groups in total. The summed E-state index contributed by atoms with van der Waals surface area (Å²) in [4.78, 5) is 0. The van der Waals surface area contributed by atoms with Gasteiger partial charge in [-0.15, -0.1) is 0 Å². The van der Waals surface area contributed by atoms with E-state index in [4.69, 9.17) is 11.6 Å². The zero-order valence-electron chi connectivity index (χ0n) is 9.62. The minimum Gasteiger partial charge on any atom is -0.395 e. The molecule has 1 aliphatic rings. The first kappa shape index (κ1) is 11.1. The third kappa shape index (κ3) is 1.57. The predicted octanol–water partition coefficient (Wildman–Crippen LogP) is 3.91. The minimum atomic E-state index is -0.0236. The van der Waals surface area contributed by atoms with Gasteiger partial charge in [0.25, 0.3) is 0 Å². The Morgan fingerprint density at radius 3 is 2.41 bits per heavy atom. The van der Waals surface area contributed by atoms with Gasteiger partial charge in [0.1, 0.15) is 0 Å². The van der Waals surface area contributed by atoms with E-state index in [0.717, 1.165) is 23.3 Å². The summed E-state index contributed by atoms with van der Waals surface area (Å²) in [6.45, 7) is 0.235. The van der Waals surface area contributed by atoms with Gasteiger partial charge in [0.15, 0.2) is 0 Å². The SMILES string of the molecule is OCC1(c2cccc3c(Cl)cccc23)CCC1. The van der Waals surface area contributed by atoms with Crippen LogP contribution in [0.4, 0.5) is 0 Å². The van der Waals surface area contributed by atoms with E-state index >= 15 is 0 Å². The Morgan fingerprint density at radius 1 is 1.06 bits per heavy atom. The topological polar surface area (TPSA) is 20.2 Å². The smallest absolute Gasteiger partial charge is 0.0528 e. The normalized spacial score (nSPS) is 18.0. The van der Waals surface area contributed by atoms with Crippen LogP contribution in [-0.4, -0.2) is 11.7 Å². The maximum Gasteiger partial charge on any atom is 0.0528 e. The largest absolute Gasteiger partial charge is 0.395 e. The van der Waals surface area contributed by atoms with Crippen molar-refractivity contribution in [1.29, 1.82) is 0 Å². The van der Waals surface area contributed by atoms with E-state index in [9.17, 15) is 5.11 Å². The first-order chi connectivity index (χ1) is 8.27. The van der Waals surface area contributed by atoms with Crippen molar-refractivity contribution < 1.29 is 5.11 Å². The third-order valence-electron chi connectivity index (χ3n) is 4.05. The molecule has 0 atom stereocenters. The molecular formula is C15H15ClO. The molecule has 3 rings (SSSR count). The van der Waals surface area contributed by atoms with E-state index in [1.165, 1.54) is 17.4 Å². The molecule has 0 amide bonds. The second kappa shape index (κ2) is 4.01. The van der Waals surface area contributed by atoms with Gasteiger partial charge in [-0.1, -0.05) is 48.4 Å². The van der Waals surface area contributed by atoms with Crippen LogP contribution in [0, 0.1) is 0 Å². The number of fused-ring (bicyclic) bond motifs is 1. The molecule has 1 saturated carbocycles. The molecular weight excluding hydrogens is 232 g/mol. The lowest BCUT2D eigenvalue weighted by Crippen LogP contribution is -2.38. The van der Waals surface area contributed by atoms with Crippen molar-refractivity contribution in [1.82, 2.24) is 0 Å². The lowest BCUT2D eigenvalue weighted by atomic mass is 9.64. The number of aliphatic hydroxyl groups excluding tert-OH is 1. The van der Waals surface area contributed by atoms with E-state index in [2.05, 4.69) is 12.1 Å². The van der Waals surface area contributed by atoms with Gasteiger partial charge in [-0.3, -0.25) is 0 Å². The van der Waals surface area contributed by atoms with Crippen LogP contribution in [0.2, 0.25) is 5.02 Å². The average Bonchev–Trinajstić information content (AvgIpc) is 2.30. The Morgan fingerprint density at radius 2 is 1.76 bits per heavy atom. The van der Waals surface area contributed by atoms with Gasteiger partial charge >= 0.3 is 0 Å². The van der Waals surface area contributed by atoms with E-state index in [0.29, 0.717) is 0 Å². The highest BCUT2D eigenvalue weighted by atomic mass is 35.5. The summed E-state index contributed by atoms with van der Waals surface area (Å²) in [5.41, 5.74) is 1.23. The lowest BCUT2D eigenvalue weighted by molar-refractivity contribution is 0.121. The highest BCUT2D eigenvalue weighted by molar-refractivity contribution is 6.35. The fraction of sp³-hybridized carbons (Fsp3) is 0.333. The number of aliphatic hydroxyl groups is 1. The van der Waals surface area contributed by atoms with Crippen molar-refractivity contribution in [2.45, 2.75) is 24.7 Å². The number of hydrogen-bond acceptors (Lipinski definition) is 1. The first-order valence-corrected chi connectivity index (χ1v) is 6.43. The van der Waals surface area contributed by atoms with Gasteiger partial charge in [0.05, 0.1) is 6.61 Å². The van der Waals surface area contributed by atoms with E-state index in [1.807, 2.05) is 24.3 Å². The summed E-state index contributed by atoms with van der Waals surface area (Å²) in [5, 5.41) is 12.8. The molecule has 1 fully saturated rings. The van der Waals surface area contributed by atoms with Gasteiger partial charge in [-0.25, -0.2) is 0 Å². The van der Waals surface area contributed by atoms with Crippen LogP contribution in [0.15, 0.2) is 36.4 Å². The Hall–Kier alpha value is -1.05. The molecule has 0 spiro atoms. The van der Waals surface area contributed by atoms with Crippen molar-refractivity contribution in [3.63, 3.8) is 0 Å². The van der Waals surface area contributed by atoms with Crippen LogP contribution in [0.3, 0.4) is 0 Å². The molecule has 1 aliphatic carbocycles. The van der Waals surface area contributed by atoms with Crippen LogP contribution in [-0.2, 0) is 5.41 Å². The predicted molar refractivity (Wildman–Crippen MR) is 71.6 cm³/mol. The Kier molecular flexibility index (Phi) is 2.61. The maximum atomic E-state index is 9.69. The number of rotatable bonds is 2. The van der Waals surface area contributed by atoms with Crippen LogP contribution in [0.5, 0.6) is 0 Å². The summed E-state index contributed by atoms with van der Waals surface area (Å²) in [7, 11) is 0. The molecule has 2 aromatic rings. The number of halogens is 1. The molecule has 17 heavy (non-hydrogen) atoms. The average molecular weight is 247 g/mol. The quantitative estimate of drug-likeness (QED) is 0.852. The third-order valence-corrected chi connectivity index (χ3v) is 4.38. The van der Waals surface area contributed by atoms with E-state index < -0.39 is 0 Å². The second-order valence-electron chi connectivity index (χ2n) is 4.93. The molecule has 0 saturated heterocycles. The van der Waals surface area contributed by atoms with Crippen LogP contribution < -0.4 is 0 Å². The van der Waals surface area contributed by atoms with Gasteiger partial charge in [0, 0.05) is 15.8 Å². The minimum absolute atomic E-state index is 0.0236. The lowest BCUT2D eigenvalue weighted by Gasteiger charge is -2.41. The monoisotopic (exact) mass is 246 g/mol. The molecule has 88 valence electrons. The highest BCUT2D eigenvalue weighted by Gasteiger charge is 2.38. The van der Waals surface area contributed by atoms with Gasteiger partial charge in [-0.05, 0) is 29.9 Å². The zero-order chi connectivity index (χ0) is 11.9. The fourth-order valence-corrected chi connectivity index (χ4v) is 3.09. The Bertz CT molecular complexity index is 552. The molecule has 2 heteroatoms. The molecule has 2 aromatic carbocycles. The van der Waals surface area contributed by atoms with Crippen LogP contribution in [0.25, 0.3) is 10.8 Å². The van der Waals surface area contributed by atoms with E-state index in [-0.39, 0.29) is 12.0 Å². The summed E-state index contributed by atoms with van der Waals surface area (Å²) >= 11 is 6.22. The van der Waals surface area contributed by atoms with Gasteiger partial charge in [-0.2, -0.15) is 0 Å². The van der Waals surface area contributed by atoms with Crippen molar-refractivity contribution in [2.24, 2.45) is 0 Å². The van der Waals surface area contributed by atoms with Crippen LogP contribution >= 0.6 is 11.6 Å². The first-order valence-electron chi connectivity index (χ1n) is 6.05. The molecule has 0 unspecified atom stereocenters. The molecule has 0 heterocycles. The Balaban J connectivity index is 2.26. The van der Waals surface area contributed by atoms with Crippen molar-refractivity contribution in [3.8, 4) is 0 Å². The van der Waals surface area contributed by atoms with E-state index in [1.54, 1.807) is 0 Å². The summed E-state index contributed by atoms with van der Waals surface area (Å²) in [5.74, 6) is 0. The molecule has 0 aliphatic heterocycles. The standard InChI is InChI=1S/C15H15ClO/c16-14-7-2-4-11-12(14)5-1-6-13(11)15(10-17)8-3-9-15/h1-2,4-7,17H,3,8-10H2. The molecule has 0 radical (unpaired) electrons. The van der Waals surface area contributed by atoms with Crippen LogP contribution in [0.1, 0.15) is 24.8 Å². The summed E-state index contributed by atoms with van der Waals surface area (Å²) in [6.07, 6.45) is 3.36. The van der Waals surface area contributed by atoms with Crippen molar-refractivity contribution in [3.05, 3.63) is 47.0 Å². The number of benzene rings is 2. The molecule has 1 nitrogen and oxygen atoms in total. The molecule has 0 aromatic heterocycles. The fourth-order valence-electron chi connectivity index (χ4n) is 2.85. The van der Waals surface area contributed by atoms with Crippen molar-refractivity contribution >= 4 is 22.4 Å². The zero-order valence-corrected chi connectivity index (χ0v) is 10.4. The second-order valence-corrected chi connectivity index (χ2v) is 5.34.